The van der Waals surface area contributed by atoms with Gasteiger partial charge in [0.15, 0.2) is 5.13 Å². The number of nitrogens with zero attached hydrogens (tertiary/aromatic N) is 2. The summed E-state index contributed by atoms with van der Waals surface area (Å²) in [6, 6.07) is 0.339. The van der Waals surface area contributed by atoms with Crippen LogP contribution in [0.25, 0.3) is 0 Å². The van der Waals surface area contributed by atoms with Crippen LogP contribution in [0.1, 0.15) is 35.4 Å². The van der Waals surface area contributed by atoms with Crippen molar-refractivity contribution in [2.45, 2.75) is 30.9 Å². The molecule has 1 aliphatic carbocycles. The molecule has 94 valence electrons. The number of nitrogens with two attached hydrogens (primary N) is 1. The van der Waals surface area contributed by atoms with Crippen molar-refractivity contribution >= 4 is 16.5 Å². The largest absolute Gasteiger partial charge is 0.394 e. The molecular weight excluding hydrogens is 238 g/mol. The van der Waals surface area contributed by atoms with Crippen molar-refractivity contribution in [2.24, 2.45) is 0 Å². The van der Waals surface area contributed by atoms with Crippen LogP contribution < -0.4 is 5.73 Å². The number of hydrogen-bond donors (Lipinski definition) is 3. The van der Waals surface area contributed by atoms with Gasteiger partial charge < -0.3 is 15.9 Å². The monoisotopic (exact) mass is 255 g/mol. The molecule has 0 amide bonds. The Kier molecular flexibility index (Phi) is 2.82. The van der Waals surface area contributed by atoms with Crippen LogP contribution >= 0.6 is 11.3 Å². The Labute approximate surface area is 104 Å². The molecule has 0 saturated carbocycles. The molecule has 4 N–H and O–H groups in total. The second-order valence-electron chi connectivity index (χ2n) is 4.88. The summed E-state index contributed by atoms with van der Waals surface area (Å²) in [5, 5.41) is 19.1. The van der Waals surface area contributed by atoms with Crippen LogP contribution in [0.5, 0.6) is 0 Å². The van der Waals surface area contributed by atoms with Gasteiger partial charge in [0, 0.05) is 29.9 Å². The van der Waals surface area contributed by atoms with Crippen molar-refractivity contribution < 1.29 is 10.2 Å². The van der Waals surface area contributed by atoms with Crippen LogP contribution in [0.3, 0.4) is 0 Å². The van der Waals surface area contributed by atoms with Crippen molar-refractivity contribution in [3.63, 3.8) is 0 Å². The predicted molar refractivity (Wildman–Crippen MR) is 65.9 cm³/mol. The topological polar surface area (TPSA) is 82.6 Å². The molecule has 0 radical (unpaired) electrons. The van der Waals surface area contributed by atoms with E-state index in [4.69, 9.17) is 10.8 Å². The van der Waals surface area contributed by atoms with Gasteiger partial charge in [-0.3, -0.25) is 4.90 Å². The standard InChI is InChI=1S/C11H17N3O2S/c12-11-13-9-6-1-2-8(10(9)17-11)14(3-6)4-7(16)5-15/h6-8,15-16H,1-5H2,(H2,12,13). The highest BCUT2D eigenvalue weighted by Crippen LogP contribution is 2.49. The van der Waals surface area contributed by atoms with E-state index in [0.717, 1.165) is 19.4 Å². The third kappa shape index (κ3) is 1.85. The molecule has 3 atom stereocenters. The minimum absolute atomic E-state index is 0.175. The van der Waals surface area contributed by atoms with Gasteiger partial charge in [0.25, 0.3) is 0 Å². The van der Waals surface area contributed by atoms with Gasteiger partial charge in [0.1, 0.15) is 0 Å². The van der Waals surface area contributed by atoms with E-state index in [-0.39, 0.29) is 6.61 Å². The fourth-order valence-corrected chi connectivity index (χ4v) is 4.08. The number of nitrogen functional groups attached to an aromatic ring is 1. The average Bonchev–Trinajstić information content (AvgIpc) is 2.72. The summed E-state index contributed by atoms with van der Waals surface area (Å²) in [5.74, 6) is 0.453. The Morgan fingerprint density at radius 2 is 2.35 bits per heavy atom. The summed E-state index contributed by atoms with van der Waals surface area (Å²) in [6.45, 7) is 1.29. The van der Waals surface area contributed by atoms with Crippen molar-refractivity contribution in [1.82, 2.24) is 9.88 Å². The molecular formula is C11H17N3O2S. The maximum atomic E-state index is 9.56. The zero-order valence-corrected chi connectivity index (χ0v) is 10.4. The number of thiazole rings is 1. The van der Waals surface area contributed by atoms with Crippen LogP contribution in [0.4, 0.5) is 5.13 Å². The number of hydrogen-bond acceptors (Lipinski definition) is 6. The van der Waals surface area contributed by atoms with Gasteiger partial charge in [-0.05, 0) is 12.8 Å². The molecule has 3 heterocycles. The zero-order chi connectivity index (χ0) is 12.0. The molecule has 0 spiro atoms. The number of piperidine rings is 1. The molecule has 2 aliphatic heterocycles. The van der Waals surface area contributed by atoms with Crippen LogP contribution in [-0.2, 0) is 0 Å². The van der Waals surface area contributed by atoms with E-state index in [9.17, 15) is 5.11 Å². The van der Waals surface area contributed by atoms with Gasteiger partial charge in [0.2, 0.25) is 0 Å². The van der Waals surface area contributed by atoms with Crippen molar-refractivity contribution in [2.75, 3.05) is 25.4 Å². The lowest BCUT2D eigenvalue weighted by molar-refractivity contribution is 0.0221. The number of fused-ring (bicyclic) bond motifs is 2. The quantitative estimate of drug-likeness (QED) is 0.724. The molecule has 4 rings (SSSR count). The third-order valence-electron chi connectivity index (χ3n) is 3.73. The first-order valence-electron chi connectivity index (χ1n) is 5.98. The fraction of sp³-hybridized carbons (Fsp3) is 0.727. The lowest BCUT2D eigenvalue weighted by Gasteiger charge is -2.44. The predicted octanol–water partition coefficient (Wildman–Crippen LogP) is 0.313. The molecule has 2 bridgehead atoms. The van der Waals surface area contributed by atoms with Gasteiger partial charge >= 0.3 is 0 Å². The second kappa shape index (κ2) is 4.20. The minimum atomic E-state index is -0.650. The summed E-state index contributed by atoms with van der Waals surface area (Å²) >= 11 is 1.57. The SMILES string of the molecule is Nc1nc2c(s1)C1CCC2CN1CC(O)CO. The summed E-state index contributed by atoms with van der Waals surface area (Å²) in [7, 11) is 0. The van der Waals surface area contributed by atoms with E-state index in [2.05, 4.69) is 9.88 Å². The van der Waals surface area contributed by atoms with Crippen molar-refractivity contribution in [3.8, 4) is 0 Å². The number of anilines is 1. The average molecular weight is 255 g/mol. The maximum absolute atomic E-state index is 9.56. The van der Waals surface area contributed by atoms with E-state index in [1.807, 2.05) is 0 Å². The Morgan fingerprint density at radius 3 is 3.12 bits per heavy atom. The normalized spacial score (nSPS) is 29.3. The number of aliphatic hydroxyl groups is 2. The highest BCUT2D eigenvalue weighted by atomic mass is 32.1. The summed E-state index contributed by atoms with van der Waals surface area (Å²) in [6.07, 6.45) is 1.62. The maximum Gasteiger partial charge on any atom is 0.180 e. The first-order valence-corrected chi connectivity index (χ1v) is 6.79. The van der Waals surface area contributed by atoms with Gasteiger partial charge in [-0.1, -0.05) is 0 Å². The van der Waals surface area contributed by atoms with E-state index in [0.29, 0.717) is 23.6 Å². The fourth-order valence-electron chi connectivity index (χ4n) is 2.99. The molecule has 1 fully saturated rings. The smallest absolute Gasteiger partial charge is 0.180 e. The highest BCUT2D eigenvalue weighted by molar-refractivity contribution is 7.15. The Balaban J connectivity index is 1.85. The van der Waals surface area contributed by atoms with Gasteiger partial charge in [-0.2, -0.15) is 0 Å². The van der Waals surface area contributed by atoms with Crippen LogP contribution in [-0.4, -0.2) is 45.9 Å². The van der Waals surface area contributed by atoms with Gasteiger partial charge in [-0.25, -0.2) is 4.98 Å². The number of aromatic nitrogens is 1. The van der Waals surface area contributed by atoms with Gasteiger partial charge in [0.05, 0.1) is 18.4 Å². The molecule has 3 unspecified atom stereocenters. The van der Waals surface area contributed by atoms with Crippen molar-refractivity contribution in [3.05, 3.63) is 10.6 Å². The Morgan fingerprint density at radius 1 is 1.53 bits per heavy atom. The molecule has 17 heavy (non-hydrogen) atoms. The molecule has 1 aromatic rings. The highest BCUT2D eigenvalue weighted by Gasteiger charge is 2.41. The zero-order valence-electron chi connectivity index (χ0n) is 9.54. The van der Waals surface area contributed by atoms with E-state index >= 15 is 0 Å². The first-order chi connectivity index (χ1) is 8.19. The first kappa shape index (κ1) is 11.4. The number of rotatable bonds is 3. The number of aliphatic hydroxyl groups excluding tert-OH is 2. The summed E-state index contributed by atoms with van der Waals surface area (Å²) in [5.41, 5.74) is 6.96. The van der Waals surface area contributed by atoms with Crippen LogP contribution in [0.2, 0.25) is 0 Å². The molecule has 3 aliphatic rings. The van der Waals surface area contributed by atoms with Crippen LogP contribution in [0.15, 0.2) is 0 Å². The Hall–Kier alpha value is -0.690. The minimum Gasteiger partial charge on any atom is -0.394 e. The van der Waals surface area contributed by atoms with E-state index < -0.39 is 6.10 Å². The van der Waals surface area contributed by atoms with Crippen LogP contribution in [0, 0.1) is 0 Å². The lowest BCUT2D eigenvalue weighted by Crippen LogP contribution is -2.45. The molecule has 5 nitrogen and oxygen atoms in total. The second-order valence-corrected chi connectivity index (χ2v) is 5.94. The van der Waals surface area contributed by atoms with E-state index in [1.165, 1.54) is 10.6 Å². The van der Waals surface area contributed by atoms with Crippen molar-refractivity contribution in [1.29, 1.82) is 0 Å². The van der Waals surface area contributed by atoms with E-state index in [1.54, 1.807) is 11.3 Å². The lowest BCUT2D eigenvalue weighted by atomic mass is 9.81. The molecule has 1 aromatic heterocycles. The summed E-state index contributed by atoms with van der Waals surface area (Å²) < 4.78 is 0. The third-order valence-corrected chi connectivity index (χ3v) is 4.73. The summed E-state index contributed by atoms with van der Waals surface area (Å²) in [4.78, 5) is 7.96. The Bertz CT molecular complexity index is 423. The molecule has 6 heteroatoms. The molecule has 1 saturated heterocycles. The molecule has 0 aromatic carbocycles. The van der Waals surface area contributed by atoms with Gasteiger partial charge in [-0.15, -0.1) is 11.3 Å².